The number of benzene rings is 2. The number of anilines is 1. The molecule has 1 aliphatic rings. The molecule has 0 atom stereocenters. The summed E-state index contributed by atoms with van der Waals surface area (Å²) >= 11 is 3.51. The first-order valence-corrected chi connectivity index (χ1v) is 10.6. The molecule has 2 heterocycles. The van der Waals surface area contributed by atoms with Gasteiger partial charge < -0.3 is 4.90 Å². The number of halogens is 1. The van der Waals surface area contributed by atoms with E-state index in [1.165, 1.54) is 11.6 Å². The van der Waals surface area contributed by atoms with Crippen LogP contribution in [0.15, 0.2) is 65.4 Å². The first-order chi connectivity index (χ1) is 14.6. The Morgan fingerprint density at radius 3 is 2.33 bits per heavy atom. The van der Waals surface area contributed by atoms with Crippen LogP contribution in [0.25, 0.3) is 0 Å². The molecular weight excluding hydrogens is 446 g/mol. The van der Waals surface area contributed by atoms with E-state index in [4.69, 9.17) is 0 Å². The monoisotopic (exact) mass is 467 g/mol. The number of non-ortho nitro benzene ring substituents is 1. The van der Waals surface area contributed by atoms with Gasteiger partial charge in [-0.15, -0.1) is 0 Å². The molecule has 0 saturated carbocycles. The summed E-state index contributed by atoms with van der Waals surface area (Å²) in [5.74, 6) is 0.753. The van der Waals surface area contributed by atoms with E-state index < -0.39 is 0 Å². The lowest BCUT2D eigenvalue weighted by atomic mass is 10.1. The standard InChI is InChI=1S/C22H22BrN5O2/c23-21-7-6-20(28(29)30)13-19(21)16-26-8-10-27(11-9-26)22-24-14-18(15-25-22)12-17-4-2-1-3-5-17/h1-7,13-15H,8-12,16H2. The summed E-state index contributed by atoms with van der Waals surface area (Å²) < 4.78 is 0.896. The van der Waals surface area contributed by atoms with E-state index in [2.05, 4.69) is 47.8 Å². The van der Waals surface area contributed by atoms with Crippen LogP contribution < -0.4 is 4.90 Å². The molecule has 2 aromatic carbocycles. The Labute approximate surface area is 183 Å². The Morgan fingerprint density at radius 1 is 0.967 bits per heavy atom. The molecule has 0 spiro atoms. The summed E-state index contributed by atoms with van der Waals surface area (Å²) in [7, 11) is 0. The molecule has 0 amide bonds. The highest BCUT2D eigenvalue weighted by Crippen LogP contribution is 2.24. The Balaban J connectivity index is 1.33. The van der Waals surface area contributed by atoms with Crippen LogP contribution in [0, 0.1) is 10.1 Å². The molecule has 1 fully saturated rings. The second kappa shape index (κ2) is 9.32. The minimum absolute atomic E-state index is 0.121. The summed E-state index contributed by atoms with van der Waals surface area (Å²) in [6.45, 7) is 4.02. The lowest BCUT2D eigenvalue weighted by molar-refractivity contribution is -0.384. The Bertz CT molecular complexity index is 1010. The van der Waals surface area contributed by atoms with Crippen LogP contribution in [-0.2, 0) is 13.0 Å². The lowest BCUT2D eigenvalue weighted by Crippen LogP contribution is -2.46. The topological polar surface area (TPSA) is 75.4 Å². The first kappa shape index (κ1) is 20.4. The molecule has 1 saturated heterocycles. The van der Waals surface area contributed by atoms with Crippen molar-refractivity contribution in [3.63, 3.8) is 0 Å². The number of nitrogens with zero attached hydrogens (tertiary/aromatic N) is 5. The van der Waals surface area contributed by atoms with Gasteiger partial charge in [-0.1, -0.05) is 46.3 Å². The lowest BCUT2D eigenvalue weighted by Gasteiger charge is -2.34. The Hall–Kier alpha value is -2.84. The van der Waals surface area contributed by atoms with Gasteiger partial charge in [-0.2, -0.15) is 0 Å². The number of piperazine rings is 1. The van der Waals surface area contributed by atoms with Gasteiger partial charge in [0.25, 0.3) is 5.69 Å². The van der Waals surface area contributed by atoms with Gasteiger partial charge in [0.1, 0.15) is 0 Å². The molecule has 0 N–H and O–H groups in total. The zero-order valence-electron chi connectivity index (χ0n) is 16.4. The predicted molar refractivity (Wildman–Crippen MR) is 120 cm³/mol. The normalized spacial score (nSPS) is 14.6. The summed E-state index contributed by atoms with van der Waals surface area (Å²) in [5.41, 5.74) is 3.39. The van der Waals surface area contributed by atoms with Crippen molar-refractivity contribution in [3.8, 4) is 0 Å². The molecule has 7 nitrogen and oxygen atoms in total. The molecule has 8 heteroatoms. The van der Waals surface area contributed by atoms with Crippen LogP contribution in [0.3, 0.4) is 0 Å². The van der Waals surface area contributed by atoms with E-state index in [1.54, 1.807) is 12.1 Å². The zero-order chi connectivity index (χ0) is 20.9. The maximum absolute atomic E-state index is 11.0. The highest BCUT2D eigenvalue weighted by Gasteiger charge is 2.20. The summed E-state index contributed by atoms with van der Waals surface area (Å²) in [6, 6.07) is 15.2. The average Bonchev–Trinajstić information content (AvgIpc) is 2.77. The van der Waals surface area contributed by atoms with E-state index in [-0.39, 0.29) is 10.6 Å². The molecule has 4 rings (SSSR count). The molecule has 0 bridgehead atoms. The van der Waals surface area contributed by atoms with Gasteiger partial charge in [0.05, 0.1) is 4.92 Å². The fourth-order valence-electron chi connectivity index (χ4n) is 3.58. The fraction of sp³-hybridized carbons (Fsp3) is 0.273. The second-order valence-corrected chi connectivity index (χ2v) is 8.20. The molecule has 154 valence electrons. The van der Waals surface area contributed by atoms with E-state index in [0.717, 1.165) is 54.1 Å². The van der Waals surface area contributed by atoms with Gasteiger partial charge >= 0.3 is 0 Å². The molecule has 0 radical (unpaired) electrons. The van der Waals surface area contributed by atoms with Crippen molar-refractivity contribution in [2.45, 2.75) is 13.0 Å². The van der Waals surface area contributed by atoms with Crippen LogP contribution in [0.5, 0.6) is 0 Å². The van der Waals surface area contributed by atoms with Crippen molar-refractivity contribution in [3.05, 3.63) is 92.2 Å². The first-order valence-electron chi connectivity index (χ1n) is 9.83. The minimum atomic E-state index is -0.354. The van der Waals surface area contributed by atoms with Crippen LogP contribution in [0.2, 0.25) is 0 Å². The third-order valence-electron chi connectivity index (χ3n) is 5.23. The van der Waals surface area contributed by atoms with Crippen LogP contribution in [-0.4, -0.2) is 46.0 Å². The molecule has 0 unspecified atom stereocenters. The largest absolute Gasteiger partial charge is 0.338 e. The number of aromatic nitrogens is 2. The third kappa shape index (κ3) is 5.01. The highest BCUT2D eigenvalue weighted by atomic mass is 79.9. The quantitative estimate of drug-likeness (QED) is 0.401. The van der Waals surface area contributed by atoms with E-state index in [9.17, 15) is 10.1 Å². The number of nitro groups is 1. The zero-order valence-corrected chi connectivity index (χ0v) is 18.0. The SMILES string of the molecule is O=[N+]([O-])c1ccc(Br)c(CN2CCN(c3ncc(Cc4ccccc4)cn3)CC2)c1. The van der Waals surface area contributed by atoms with Gasteiger partial charge in [0.15, 0.2) is 0 Å². The Morgan fingerprint density at radius 2 is 1.67 bits per heavy atom. The maximum atomic E-state index is 11.0. The van der Waals surface area contributed by atoms with Crippen molar-refractivity contribution in [1.29, 1.82) is 0 Å². The van der Waals surface area contributed by atoms with Crippen molar-refractivity contribution in [2.24, 2.45) is 0 Å². The summed E-state index contributed by atoms with van der Waals surface area (Å²) in [4.78, 5) is 24.3. The number of hydrogen-bond acceptors (Lipinski definition) is 6. The molecule has 1 aromatic heterocycles. The third-order valence-corrected chi connectivity index (χ3v) is 6.01. The van der Waals surface area contributed by atoms with Gasteiger partial charge in [0, 0.05) is 68.1 Å². The molecule has 3 aromatic rings. The van der Waals surface area contributed by atoms with E-state index in [1.807, 2.05) is 30.6 Å². The second-order valence-electron chi connectivity index (χ2n) is 7.35. The van der Waals surface area contributed by atoms with Crippen molar-refractivity contribution < 1.29 is 4.92 Å². The summed E-state index contributed by atoms with van der Waals surface area (Å²) in [6.07, 6.45) is 4.64. The van der Waals surface area contributed by atoms with Gasteiger partial charge in [0.2, 0.25) is 5.95 Å². The average molecular weight is 468 g/mol. The predicted octanol–water partition coefficient (Wildman–Crippen LogP) is 4.06. The highest BCUT2D eigenvalue weighted by molar-refractivity contribution is 9.10. The van der Waals surface area contributed by atoms with Crippen molar-refractivity contribution in [1.82, 2.24) is 14.9 Å². The minimum Gasteiger partial charge on any atom is -0.338 e. The van der Waals surface area contributed by atoms with Gasteiger partial charge in [-0.3, -0.25) is 15.0 Å². The molecule has 1 aliphatic heterocycles. The molecular formula is C22H22BrN5O2. The smallest absolute Gasteiger partial charge is 0.269 e. The molecule has 30 heavy (non-hydrogen) atoms. The van der Waals surface area contributed by atoms with E-state index in [0.29, 0.717) is 6.54 Å². The van der Waals surface area contributed by atoms with Crippen LogP contribution in [0.1, 0.15) is 16.7 Å². The van der Waals surface area contributed by atoms with Gasteiger partial charge in [-0.05, 0) is 22.8 Å². The Kier molecular flexibility index (Phi) is 6.35. The fourth-order valence-corrected chi connectivity index (χ4v) is 3.95. The van der Waals surface area contributed by atoms with Crippen molar-refractivity contribution >= 4 is 27.6 Å². The number of rotatable bonds is 6. The van der Waals surface area contributed by atoms with E-state index >= 15 is 0 Å². The number of nitro benzene ring substituents is 1. The maximum Gasteiger partial charge on any atom is 0.269 e. The van der Waals surface area contributed by atoms with Crippen LogP contribution >= 0.6 is 15.9 Å². The number of hydrogen-bond donors (Lipinski definition) is 0. The van der Waals surface area contributed by atoms with Gasteiger partial charge in [-0.25, -0.2) is 9.97 Å². The van der Waals surface area contributed by atoms with Crippen molar-refractivity contribution in [2.75, 3.05) is 31.1 Å². The molecule has 0 aliphatic carbocycles. The van der Waals surface area contributed by atoms with Crippen LogP contribution in [0.4, 0.5) is 11.6 Å². The summed E-state index contributed by atoms with van der Waals surface area (Å²) in [5, 5.41) is 11.0.